The van der Waals surface area contributed by atoms with E-state index in [9.17, 15) is 9.59 Å². The lowest BCUT2D eigenvalue weighted by Gasteiger charge is -2.22. The van der Waals surface area contributed by atoms with Crippen molar-refractivity contribution >= 4 is 23.2 Å². The number of carbonyl (C=O) groups is 2. The number of aryl methyl sites for hydroxylation is 2. The minimum absolute atomic E-state index is 0.00101. The SMILES string of the molecule is Cc1csc(CCCCNC(=O)C(NC(=O)c2ccc(C(C)(C)C)cc2)C(C)C)n1. The zero-order valence-electron chi connectivity index (χ0n) is 19.0. The van der Waals surface area contributed by atoms with Crippen LogP contribution in [0.15, 0.2) is 29.6 Å². The molecular weight excluding hydrogens is 394 g/mol. The van der Waals surface area contributed by atoms with E-state index in [2.05, 4.69) is 41.8 Å². The molecule has 0 radical (unpaired) electrons. The standard InChI is InChI=1S/C24H35N3O2S/c1-16(2)21(23(29)25-14-8-7-9-20-26-17(3)15-30-20)27-22(28)18-10-12-19(13-11-18)24(4,5)6/h10-13,15-16,21H,7-9,14H2,1-6H3,(H,25,29)(H,27,28). The first-order valence-corrected chi connectivity index (χ1v) is 11.6. The zero-order valence-corrected chi connectivity index (χ0v) is 19.9. The van der Waals surface area contributed by atoms with Gasteiger partial charge in [0, 0.05) is 23.2 Å². The summed E-state index contributed by atoms with van der Waals surface area (Å²) in [6.07, 6.45) is 2.80. The Hall–Kier alpha value is -2.21. The molecule has 1 heterocycles. The molecule has 30 heavy (non-hydrogen) atoms. The average Bonchev–Trinajstić information content (AvgIpc) is 3.09. The van der Waals surface area contributed by atoms with Crippen molar-refractivity contribution in [3.8, 4) is 0 Å². The molecule has 0 saturated carbocycles. The van der Waals surface area contributed by atoms with Crippen LogP contribution in [-0.4, -0.2) is 29.4 Å². The molecule has 0 aliphatic heterocycles. The van der Waals surface area contributed by atoms with Crippen molar-refractivity contribution in [2.75, 3.05) is 6.54 Å². The Bertz CT molecular complexity index is 835. The van der Waals surface area contributed by atoms with Crippen molar-refractivity contribution in [3.05, 3.63) is 51.5 Å². The summed E-state index contributed by atoms with van der Waals surface area (Å²) in [6, 6.07) is 7.05. The molecule has 1 atom stereocenters. The summed E-state index contributed by atoms with van der Waals surface area (Å²) < 4.78 is 0. The normalized spacial score (nSPS) is 12.6. The lowest BCUT2D eigenvalue weighted by Crippen LogP contribution is -2.49. The van der Waals surface area contributed by atoms with E-state index in [1.165, 1.54) is 5.56 Å². The highest BCUT2D eigenvalue weighted by Crippen LogP contribution is 2.22. The number of nitrogens with zero attached hydrogens (tertiary/aromatic N) is 1. The van der Waals surface area contributed by atoms with Crippen LogP contribution in [0.25, 0.3) is 0 Å². The number of benzene rings is 1. The molecule has 2 rings (SSSR count). The number of carbonyl (C=O) groups excluding carboxylic acids is 2. The topological polar surface area (TPSA) is 71.1 Å². The Morgan fingerprint density at radius 3 is 2.30 bits per heavy atom. The van der Waals surface area contributed by atoms with Gasteiger partial charge in [-0.25, -0.2) is 4.98 Å². The van der Waals surface area contributed by atoms with E-state index in [-0.39, 0.29) is 23.1 Å². The second kappa shape index (κ2) is 10.7. The Kier molecular flexibility index (Phi) is 8.59. The fourth-order valence-electron chi connectivity index (χ4n) is 3.12. The van der Waals surface area contributed by atoms with Crippen LogP contribution in [0.2, 0.25) is 0 Å². The largest absolute Gasteiger partial charge is 0.354 e. The van der Waals surface area contributed by atoms with Gasteiger partial charge in [-0.2, -0.15) is 0 Å². The molecule has 1 aromatic heterocycles. The Morgan fingerprint density at radius 2 is 1.77 bits per heavy atom. The van der Waals surface area contributed by atoms with E-state index >= 15 is 0 Å². The van der Waals surface area contributed by atoms with Gasteiger partial charge in [-0.15, -0.1) is 11.3 Å². The van der Waals surface area contributed by atoms with Crippen LogP contribution in [0.3, 0.4) is 0 Å². The van der Waals surface area contributed by atoms with Crippen LogP contribution < -0.4 is 10.6 Å². The number of rotatable bonds is 9. The molecule has 0 fully saturated rings. The predicted octanol–water partition coefficient (Wildman–Crippen LogP) is 4.64. The second-order valence-corrected chi connectivity index (χ2v) is 10.1. The van der Waals surface area contributed by atoms with Gasteiger partial charge < -0.3 is 10.6 Å². The van der Waals surface area contributed by atoms with Gasteiger partial charge in [-0.1, -0.05) is 46.8 Å². The Labute approximate surface area is 184 Å². The number of unbranched alkanes of at least 4 members (excludes halogenated alkanes) is 1. The van der Waals surface area contributed by atoms with Crippen molar-refractivity contribution in [3.63, 3.8) is 0 Å². The van der Waals surface area contributed by atoms with Crippen molar-refractivity contribution in [2.24, 2.45) is 5.92 Å². The summed E-state index contributed by atoms with van der Waals surface area (Å²) in [5.41, 5.74) is 2.84. The number of nitrogens with one attached hydrogen (secondary N) is 2. The van der Waals surface area contributed by atoms with E-state index in [0.717, 1.165) is 30.0 Å². The first-order valence-electron chi connectivity index (χ1n) is 10.7. The van der Waals surface area contributed by atoms with Crippen molar-refractivity contribution in [1.82, 2.24) is 15.6 Å². The van der Waals surface area contributed by atoms with Crippen molar-refractivity contribution in [2.45, 2.75) is 72.3 Å². The second-order valence-electron chi connectivity index (χ2n) is 9.15. The molecule has 0 aliphatic rings. The van der Waals surface area contributed by atoms with Crippen molar-refractivity contribution in [1.29, 1.82) is 0 Å². The van der Waals surface area contributed by atoms with Gasteiger partial charge in [0.05, 0.1) is 5.01 Å². The van der Waals surface area contributed by atoms with Gasteiger partial charge in [0.25, 0.3) is 5.91 Å². The summed E-state index contributed by atoms with van der Waals surface area (Å²) in [5, 5.41) is 9.07. The highest BCUT2D eigenvalue weighted by atomic mass is 32.1. The van der Waals surface area contributed by atoms with E-state index in [1.54, 1.807) is 11.3 Å². The third kappa shape index (κ3) is 7.24. The molecule has 0 aliphatic carbocycles. The van der Waals surface area contributed by atoms with E-state index in [4.69, 9.17) is 0 Å². The summed E-state index contributed by atoms with van der Waals surface area (Å²) in [5.74, 6) is -0.348. The highest BCUT2D eigenvalue weighted by molar-refractivity contribution is 7.09. The molecule has 2 aromatic rings. The quantitative estimate of drug-likeness (QED) is 0.570. The van der Waals surface area contributed by atoms with E-state index in [1.807, 2.05) is 45.0 Å². The lowest BCUT2D eigenvalue weighted by molar-refractivity contribution is -0.123. The molecule has 6 heteroatoms. The molecule has 164 valence electrons. The monoisotopic (exact) mass is 429 g/mol. The molecule has 0 spiro atoms. The van der Waals surface area contributed by atoms with E-state index in [0.29, 0.717) is 12.1 Å². The highest BCUT2D eigenvalue weighted by Gasteiger charge is 2.24. The van der Waals surface area contributed by atoms with Gasteiger partial charge in [0.1, 0.15) is 6.04 Å². The minimum Gasteiger partial charge on any atom is -0.354 e. The van der Waals surface area contributed by atoms with Gasteiger partial charge in [0.2, 0.25) is 5.91 Å². The summed E-state index contributed by atoms with van der Waals surface area (Å²) in [6.45, 7) is 12.9. The number of thiazole rings is 1. The molecule has 0 bridgehead atoms. The fraction of sp³-hybridized carbons (Fsp3) is 0.542. The maximum Gasteiger partial charge on any atom is 0.251 e. The molecule has 2 N–H and O–H groups in total. The molecule has 5 nitrogen and oxygen atoms in total. The maximum absolute atomic E-state index is 12.7. The molecule has 1 unspecified atom stereocenters. The van der Waals surface area contributed by atoms with Crippen LogP contribution in [0.1, 0.15) is 74.1 Å². The number of hydrogen-bond donors (Lipinski definition) is 2. The number of aromatic nitrogens is 1. The summed E-state index contributed by atoms with van der Waals surface area (Å²) in [4.78, 5) is 29.8. The summed E-state index contributed by atoms with van der Waals surface area (Å²) in [7, 11) is 0. The average molecular weight is 430 g/mol. The van der Waals surface area contributed by atoms with Crippen molar-refractivity contribution < 1.29 is 9.59 Å². The molecular formula is C24H35N3O2S. The van der Waals surface area contributed by atoms with Crippen LogP contribution >= 0.6 is 11.3 Å². The molecule has 2 amide bonds. The first-order chi connectivity index (χ1) is 14.1. The predicted molar refractivity (Wildman–Crippen MR) is 124 cm³/mol. The zero-order chi connectivity index (χ0) is 22.3. The number of hydrogen-bond acceptors (Lipinski definition) is 4. The Balaban J connectivity index is 1.83. The third-order valence-corrected chi connectivity index (χ3v) is 6.06. The third-order valence-electron chi connectivity index (χ3n) is 5.03. The fourth-order valence-corrected chi connectivity index (χ4v) is 3.94. The van der Waals surface area contributed by atoms with E-state index < -0.39 is 6.04 Å². The van der Waals surface area contributed by atoms with Gasteiger partial charge in [-0.3, -0.25) is 9.59 Å². The maximum atomic E-state index is 12.7. The lowest BCUT2D eigenvalue weighted by atomic mass is 9.86. The first kappa shape index (κ1) is 24.1. The van der Waals surface area contributed by atoms with Crippen LogP contribution in [0, 0.1) is 12.8 Å². The van der Waals surface area contributed by atoms with Gasteiger partial charge >= 0.3 is 0 Å². The van der Waals surface area contributed by atoms with Crippen LogP contribution in [0.4, 0.5) is 0 Å². The molecule has 0 saturated heterocycles. The van der Waals surface area contributed by atoms with Crippen LogP contribution in [-0.2, 0) is 16.6 Å². The number of amides is 2. The van der Waals surface area contributed by atoms with Crippen LogP contribution in [0.5, 0.6) is 0 Å². The Morgan fingerprint density at radius 1 is 1.10 bits per heavy atom. The van der Waals surface area contributed by atoms with Gasteiger partial charge in [-0.05, 0) is 55.2 Å². The molecule has 1 aromatic carbocycles. The summed E-state index contributed by atoms with van der Waals surface area (Å²) >= 11 is 1.68. The minimum atomic E-state index is -0.554. The van der Waals surface area contributed by atoms with Gasteiger partial charge in [0.15, 0.2) is 0 Å². The smallest absolute Gasteiger partial charge is 0.251 e.